The Hall–Kier alpha value is -7.48. The molecule has 0 saturated carbocycles. The van der Waals surface area contributed by atoms with E-state index in [0.29, 0.717) is 0 Å². The summed E-state index contributed by atoms with van der Waals surface area (Å²) in [6.07, 6.45) is 0. The van der Waals surface area contributed by atoms with Crippen molar-refractivity contribution < 1.29 is 0 Å². The van der Waals surface area contributed by atoms with E-state index in [-0.39, 0.29) is 0 Å². The fourth-order valence-corrected chi connectivity index (χ4v) is 9.95. The maximum absolute atomic E-state index is 2.42. The van der Waals surface area contributed by atoms with Crippen molar-refractivity contribution in [3.8, 4) is 66.8 Å². The number of aryl methyl sites for hydroxylation is 5. The van der Waals surface area contributed by atoms with Crippen molar-refractivity contribution in [2.75, 3.05) is 0 Å². The summed E-state index contributed by atoms with van der Waals surface area (Å²) in [4.78, 5) is 0. The zero-order valence-electron chi connectivity index (χ0n) is 36.6. The maximum Gasteiger partial charge on any atom is 0.0491 e. The third-order valence-electron chi connectivity index (χ3n) is 13.7. The molecule has 302 valence electrons. The first kappa shape index (κ1) is 38.4. The number of rotatable bonds is 7. The van der Waals surface area contributed by atoms with Gasteiger partial charge in [-0.3, -0.25) is 0 Å². The van der Waals surface area contributed by atoms with Crippen molar-refractivity contribution in [2.24, 2.45) is 0 Å². The molecule has 10 aromatic carbocycles. The van der Waals surface area contributed by atoms with Crippen molar-refractivity contribution in [1.29, 1.82) is 0 Å². The highest BCUT2D eigenvalue weighted by Crippen LogP contribution is 2.46. The summed E-state index contributed by atoms with van der Waals surface area (Å²) in [6, 6.07) is 72.5. The summed E-state index contributed by atoms with van der Waals surface area (Å²) in [7, 11) is 0. The normalized spacial score (nSPS) is 11.6. The predicted molar refractivity (Wildman–Crippen MR) is 272 cm³/mol. The zero-order chi connectivity index (χ0) is 42.8. The van der Waals surface area contributed by atoms with E-state index >= 15 is 0 Å². The monoisotopic (exact) mass is 807 g/mol. The first-order chi connectivity index (χ1) is 30.8. The highest BCUT2D eigenvalue weighted by atomic mass is 15.0. The molecular formula is C62H49N. The zero-order valence-corrected chi connectivity index (χ0v) is 36.6. The van der Waals surface area contributed by atoms with Gasteiger partial charge in [0.1, 0.15) is 0 Å². The van der Waals surface area contributed by atoms with Crippen LogP contribution in [0.25, 0.3) is 110 Å². The van der Waals surface area contributed by atoms with Gasteiger partial charge in [-0.25, -0.2) is 0 Å². The fraction of sp³-hybridized carbons (Fsp3) is 0.0968. The molecule has 0 unspecified atom stereocenters. The predicted octanol–water partition coefficient (Wildman–Crippen LogP) is 17.4. The van der Waals surface area contributed by atoms with Gasteiger partial charge in [-0.1, -0.05) is 176 Å². The number of para-hydroxylation sites is 1. The Balaban J connectivity index is 0.966. The van der Waals surface area contributed by atoms with Gasteiger partial charge >= 0.3 is 0 Å². The molecule has 0 amide bonds. The summed E-state index contributed by atoms with van der Waals surface area (Å²) < 4.78 is 2.41. The summed E-state index contributed by atoms with van der Waals surface area (Å²) in [5, 5.41) is 7.80. The molecule has 0 spiro atoms. The number of nitrogens with zero attached hydrogens (tertiary/aromatic N) is 1. The Bertz CT molecular complexity index is 3440. The molecule has 0 atom stereocenters. The Morgan fingerprint density at radius 3 is 1.00 bits per heavy atom. The quantitative estimate of drug-likeness (QED) is 0.141. The van der Waals surface area contributed by atoms with Gasteiger partial charge in [0.2, 0.25) is 0 Å². The molecule has 0 fully saturated rings. The van der Waals surface area contributed by atoms with E-state index in [1.54, 1.807) is 0 Å². The molecule has 0 aliphatic rings. The van der Waals surface area contributed by atoms with Crippen molar-refractivity contribution in [2.45, 2.75) is 41.2 Å². The molecule has 0 aliphatic heterocycles. The van der Waals surface area contributed by atoms with Crippen molar-refractivity contribution in [3.05, 3.63) is 216 Å². The molecular weight excluding hydrogens is 759 g/mol. The molecule has 1 heterocycles. The van der Waals surface area contributed by atoms with Crippen LogP contribution in [-0.4, -0.2) is 4.57 Å². The van der Waals surface area contributed by atoms with Crippen LogP contribution in [0.3, 0.4) is 0 Å². The van der Waals surface area contributed by atoms with E-state index in [4.69, 9.17) is 0 Å². The summed E-state index contributed by atoms with van der Waals surface area (Å²) in [5.74, 6) is 0. The van der Waals surface area contributed by atoms with Gasteiger partial charge in [-0.2, -0.15) is 0 Å². The molecule has 63 heavy (non-hydrogen) atoms. The number of aromatic nitrogens is 1. The molecule has 11 rings (SSSR count). The van der Waals surface area contributed by atoms with Crippen LogP contribution in [0.1, 0.15) is 29.2 Å². The van der Waals surface area contributed by atoms with Gasteiger partial charge in [-0.05, 0) is 163 Å². The number of hydrogen-bond donors (Lipinski definition) is 0. The molecule has 0 saturated heterocycles. The Kier molecular flexibility index (Phi) is 9.43. The topological polar surface area (TPSA) is 4.93 Å². The van der Waals surface area contributed by atoms with E-state index in [9.17, 15) is 0 Å². The highest BCUT2D eigenvalue weighted by molar-refractivity contribution is 6.22. The molecule has 0 bridgehead atoms. The van der Waals surface area contributed by atoms with Crippen LogP contribution in [-0.2, 0) is 6.54 Å². The minimum atomic E-state index is 0.953. The van der Waals surface area contributed by atoms with Gasteiger partial charge in [0.05, 0.1) is 0 Å². The lowest BCUT2D eigenvalue weighted by Gasteiger charge is -2.21. The second kappa shape index (κ2) is 15.5. The molecule has 0 N–H and O–H groups in total. The van der Waals surface area contributed by atoms with E-state index in [1.165, 1.54) is 132 Å². The van der Waals surface area contributed by atoms with Crippen LogP contribution in [0.2, 0.25) is 0 Å². The Morgan fingerprint density at radius 2 is 0.587 bits per heavy atom. The van der Waals surface area contributed by atoms with Gasteiger partial charge in [-0.15, -0.1) is 0 Å². The van der Waals surface area contributed by atoms with E-state index in [2.05, 4.69) is 233 Å². The van der Waals surface area contributed by atoms with Crippen molar-refractivity contribution in [1.82, 2.24) is 4.57 Å². The van der Waals surface area contributed by atoms with Crippen LogP contribution in [0.4, 0.5) is 0 Å². The minimum absolute atomic E-state index is 0.953. The largest absolute Gasteiger partial charge is 0.341 e. The van der Waals surface area contributed by atoms with E-state index in [1.807, 2.05) is 0 Å². The van der Waals surface area contributed by atoms with Gasteiger partial charge < -0.3 is 4.57 Å². The number of benzene rings is 10. The average Bonchev–Trinajstić information content (AvgIpc) is 3.65. The molecule has 1 heteroatoms. The molecule has 0 aliphatic carbocycles. The minimum Gasteiger partial charge on any atom is -0.341 e. The molecule has 0 radical (unpaired) electrons. The molecule has 11 aromatic rings. The molecule has 1 aromatic heterocycles. The lowest BCUT2D eigenvalue weighted by Crippen LogP contribution is -1.95. The first-order valence-electron chi connectivity index (χ1n) is 22.3. The molecule has 1 nitrogen and oxygen atoms in total. The summed E-state index contributed by atoms with van der Waals surface area (Å²) in [5.41, 5.74) is 22.7. The standard InChI is InChI=1S/C62H49N/c1-6-63-59-15-11-10-14-53(59)54-38-52(32-33-60(54)63)49-22-20-46(21-23-49)48-26-30-51(31-27-48)62-57-36-41(4)39(2)34-55(57)61(56-35-40(3)42(5)37-58(56)62)50-28-24-47(25-29-50)45-18-16-44(17-19-45)43-12-8-7-9-13-43/h7-38H,6H2,1-5H3. The second-order valence-electron chi connectivity index (χ2n) is 17.4. The lowest BCUT2D eigenvalue weighted by molar-refractivity contribution is 0.827. The SMILES string of the molecule is CCn1c2ccccc2c2cc(-c3ccc(-c4ccc(-c5c6cc(C)c(C)cc6c(-c6ccc(-c7ccc(-c8ccccc8)cc7)cc6)c6cc(C)c(C)cc56)cc4)cc3)ccc21. The third kappa shape index (κ3) is 6.64. The van der Waals surface area contributed by atoms with Crippen molar-refractivity contribution >= 4 is 43.4 Å². The highest BCUT2D eigenvalue weighted by Gasteiger charge is 2.20. The number of hydrogen-bond acceptors (Lipinski definition) is 0. The average molecular weight is 808 g/mol. The fourth-order valence-electron chi connectivity index (χ4n) is 9.95. The Labute approximate surface area is 370 Å². The van der Waals surface area contributed by atoms with Crippen LogP contribution in [0, 0.1) is 27.7 Å². The summed E-state index contributed by atoms with van der Waals surface area (Å²) >= 11 is 0. The summed E-state index contributed by atoms with van der Waals surface area (Å²) in [6.45, 7) is 12.2. The van der Waals surface area contributed by atoms with E-state index < -0.39 is 0 Å². The van der Waals surface area contributed by atoms with Gasteiger partial charge in [0.25, 0.3) is 0 Å². The maximum atomic E-state index is 2.42. The van der Waals surface area contributed by atoms with E-state index in [0.717, 1.165) is 6.54 Å². The second-order valence-corrected chi connectivity index (χ2v) is 17.4. The smallest absolute Gasteiger partial charge is 0.0491 e. The van der Waals surface area contributed by atoms with Crippen LogP contribution >= 0.6 is 0 Å². The van der Waals surface area contributed by atoms with Gasteiger partial charge in [0.15, 0.2) is 0 Å². The first-order valence-corrected chi connectivity index (χ1v) is 22.3. The van der Waals surface area contributed by atoms with Crippen LogP contribution in [0.5, 0.6) is 0 Å². The van der Waals surface area contributed by atoms with Crippen LogP contribution in [0.15, 0.2) is 194 Å². The van der Waals surface area contributed by atoms with Crippen molar-refractivity contribution in [3.63, 3.8) is 0 Å². The lowest BCUT2D eigenvalue weighted by atomic mass is 9.83. The third-order valence-corrected chi connectivity index (χ3v) is 13.7. The number of fused-ring (bicyclic) bond motifs is 5. The van der Waals surface area contributed by atoms with Crippen LogP contribution < -0.4 is 0 Å². The van der Waals surface area contributed by atoms with Gasteiger partial charge in [0, 0.05) is 28.4 Å². The Morgan fingerprint density at radius 1 is 0.270 bits per heavy atom.